The number of halogens is 2. The third-order valence-electron chi connectivity index (χ3n) is 7.40. The van der Waals surface area contributed by atoms with E-state index in [4.69, 9.17) is 0 Å². The molecular formula is C31H42F2N2O2. The predicted molar refractivity (Wildman–Crippen MR) is 145 cm³/mol. The van der Waals surface area contributed by atoms with Gasteiger partial charge >= 0.3 is 0 Å². The number of hydrogen-bond acceptors (Lipinski definition) is 3. The topological polar surface area (TPSA) is 61.4 Å². The summed E-state index contributed by atoms with van der Waals surface area (Å²) in [5.41, 5.74) is 2.61. The second kappa shape index (κ2) is 12.8. The molecule has 0 radical (unpaired) electrons. The Morgan fingerprint density at radius 2 is 1.78 bits per heavy atom. The summed E-state index contributed by atoms with van der Waals surface area (Å²) in [4.78, 5) is 12.5. The molecule has 0 heterocycles. The highest BCUT2D eigenvalue weighted by Crippen LogP contribution is 2.38. The van der Waals surface area contributed by atoms with E-state index in [1.165, 1.54) is 29.7 Å². The summed E-state index contributed by atoms with van der Waals surface area (Å²) in [7, 11) is 0. The number of rotatable bonds is 11. The maximum Gasteiger partial charge on any atom is 0.220 e. The first kappa shape index (κ1) is 29.0. The minimum Gasteiger partial charge on any atom is -0.390 e. The average Bonchev–Trinajstić information content (AvgIpc) is 2.85. The van der Waals surface area contributed by atoms with Crippen LogP contribution in [0.25, 0.3) is 0 Å². The Hall–Kier alpha value is -2.57. The largest absolute Gasteiger partial charge is 0.390 e. The Balaban J connectivity index is 1.82. The number of benzene rings is 2. The molecule has 0 aromatic heterocycles. The molecule has 2 aromatic rings. The van der Waals surface area contributed by atoms with Crippen LogP contribution in [0.2, 0.25) is 0 Å². The predicted octanol–water partition coefficient (Wildman–Crippen LogP) is 6.07. The van der Waals surface area contributed by atoms with Crippen molar-refractivity contribution in [2.24, 2.45) is 0 Å². The molecule has 3 rings (SSSR count). The van der Waals surface area contributed by atoms with Gasteiger partial charge in [0.2, 0.25) is 5.91 Å². The number of nitrogens with one attached hydrogen (secondary N) is 2. The molecule has 2 unspecified atom stereocenters. The molecule has 37 heavy (non-hydrogen) atoms. The highest BCUT2D eigenvalue weighted by molar-refractivity contribution is 5.76. The molecular weight excluding hydrogens is 470 g/mol. The lowest BCUT2D eigenvalue weighted by atomic mass is 9.74. The molecule has 0 spiro atoms. The zero-order valence-electron chi connectivity index (χ0n) is 22.5. The lowest BCUT2D eigenvalue weighted by Crippen LogP contribution is -2.53. The van der Waals surface area contributed by atoms with Crippen LogP contribution in [-0.4, -0.2) is 29.7 Å². The molecule has 1 saturated carbocycles. The third-order valence-corrected chi connectivity index (χ3v) is 7.40. The zero-order valence-corrected chi connectivity index (χ0v) is 22.5. The molecule has 2 aromatic carbocycles. The fourth-order valence-corrected chi connectivity index (χ4v) is 5.23. The molecule has 6 heteroatoms. The Bertz CT molecular complexity index is 1040. The standard InChI is InChI=1S/C31H42F2N2O2/c1-5-6-13-29(37)35-27(18-22-16-25(32)20-26(33)17-22)28(36)21-34-31(14-8-7-9-15-31)24-12-10-11-23(19-24)30(2,3)4/h5,10-12,16-17,19-20,27-28,34,36H,1,6-9,13-15,18,21H2,2-4H3,(H,35,37). The maximum atomic E-state index is 13.8. The number of carbonyl (C=O) groups excluding carboxylic acids is 1. The third kappa shape index (κ3) is 8.21. The average molecular weight is 513 g/mol. The van der Waals surface area contributed by atoms with Gasteiger partial charge in [-0.2, -0.15) is 0 Å². The highest BCUT2D eigenvalue weighted by Gasteiger charge is 2.35. The van der Waals surface area contributed by atoms with Crippen LogP contribution in [0.15, 0.2) is 55.1 Å². The van der Waals surface area contributed by atoms with Crippen molar-refractivity contribution < 1.29 is 18.7 Å². The van der Waals surface area contributed by atoms with Crippen LogP contribution in [0, 0.1) is 11.6 Å². The van der Waals surface area contributed by atoms with Gasteiger partial charge in [-0.05, 0) is 59.9 Å². The maximum absolute atomic E-state index is 13.8. The van der Waals surface area contributed by atoms with E-state index in [0.717, 1.165) is 31.7 Å². The second-order valence-corrected chi connectivity index (χ2v) is 11.4. The summed E-state index contributed by atoms with van der Waals surface area (Å²) in [5, 5.41) is 17.8. The summed E-state index contributed by atoms with van der Waals surface area (Å²) >= 11 is 0. The van der Waals surface area contributed by atoms with Crippen molar-refractivity contribution in [2.45, 2.75) is 95.2 Å². The van der Waals surface area contributed by atoms with Gasteiger partial charge in [-0.15, -0.1) is 6.58 Å². The summed E-state index contributed by atoms with van der Waals surface area (Å²) in [6.07, 6.45) is 6.84. The van der Waals surface area contributed by atoms with E-state index >= 15 is 0 Å². The van der Waals surface area contributed by atoms with Crippen molar-refractivity contribution in [2.75, 3.05) is 6.54 Å². The van der Waals surface area contributed by atoms with E-state index in [9.17, 15) is 18.7 Å². The molecule has 1 aliphatic carbocycles. The van der Waals surface area contributed by atoms with Gasteiger partial charge in [-0.3, -0.25) is 4.79 Å². The molecule has 2 atom stereocenters. The number of aliphatic hydroxyl groups is 1. The Labute approximate surface area is 220 Å². The van der Waals surface area contributed by atoms with Gasteiger partial charge in [-0.1, -0.05) is 70.4 Å². The number of aliphatic hydroxyl groups excluding tert-OH is 1. The van der Waals surface area contributed by atoms with Gasteiger partial charge in [0.05, 0.1) is 12.1 Å². The molecule has 0 aliphatic heterocycles. The molecule has 1 aliphatic rings. The lowest BCUT2D eigenvalue weighted by molar-refractivity contribution is -0.122. The second-order valence-electron chi connectivity index (χ2n) is 11.4. The molecule has 3 N–H and O–H groups in total. The Kier molecular flexibility index (Phi) is 10.0. The van der Waals surface area contributed by atoms with Crippen LogP contribution >= 0.6 is 0 Å². The smallest absolute Gasteiger partial charge is 0.220 e. The van der Waals surface area contributed by atoms with Gasteiger partial charge in [0.25, 0.3) is 0 Å². The van der Waals surface area contributed by atoms with E-state index in [0.29, 0.717) is 12.0 Å². The van der Waals surface area contributed by atoms with Gasteiger partial charge in [0, 0.05) is 24.6 Å². The van der Waals surface area contributed by atoms with Gasteiger partial charge in [0.15, 0.2) is 0 Å². The number of allylic oxidation sites excluding steroid dienone is 1. The first-order chi connectivity index (χ1) is 17.5. The molecule has 1 amide bonds. The zero-order chi connectivity index (χ0) is 27.1. The number of carbonyl (C=O) groups is 1. The summed E-state index contributed by atoms with van der Waals surface area (Å²) in [5.74, 6) is -1.59. The number of amides is 1. The molecule has 1 fully saturated rings. The fraction of sp³-hybridized carbons (Fsp3) is 0.516. The van der Waals surface area contributed by atoms with Gasteiger partial charge < -0.3 is 15.7 Å². The Morgan fingerprint density at radius 3 is 2.41 bits per heavy atom. The van der Waals surface area contributed by atoms with Crippen molar-refractivity contribution in [1.29, 1.82) is 0 Å². The van der Waals surface area contributed by atoms with E-state index in [1.807, 2.05) is 0 Å². The van der Waals surface area contributed by atoms with Crippen LogP contribution < -0.4 is 10.6 Å². The van der Waals surface area contributed by atoms with Crippen molar-refractivity contribution in [3.63, 3.8) is 0 Å². The fourth-order valence-electron chi connectivity index (χ4n) is 5.23. The molecule has 0 saturated heterocycles. The Morgan fingerprint density at radius 1 is 1.11 bits per heavy atom. The SMILES string of the molecule is C=CCCC(=O)NC(Cc1cc(F)cc(F)c1)C(O)CNC1(c2cccc(C(C)(C)C)c2)CCCCC1. The van der Waals surface area contributed by atoms with E-state index in [-0.39, 0.29) is 36.2 Å². The summed E-state index contributed by atoms with van der Waals surface area (Å²) in [6, 6.07) is 11.3. The molecule has 202 valence electrons. The summed E-state index contributed by atoms with van der Waals surface area (Å²) in [6.45, 7) is 10.5. The minimum absolute atomic E-state index is 0.0203. The van der Waals surface area contributed by atoms with Crippen LogP contribution in [0.4, 0.5) is 8.78 Å². The monoisotopic (exact) mass is 512 g/mol. The molecule has 4 nitrogen and oxygen atoms in total. The number of hydrogen-bond donors (Lipinski definition) is 3. The lowest BCUT2D eigenvalue weighted by Gasteiger charge is -2.41. The summed E-state index contributed by atoms with van der Waals surface area (Å²) < 4.78 is 27.7. The minimum atomic E-state index is -0.955. The van der Waals surface area contributed by atoms with Crippen LogP contribution in [0.3, 0.4) is 0 Å². The van der Waals surface area contributed by atoms with Gasteiger partial charge in [0.1, 0.15) is 11.6 Å². The van der Waals surface area contributed by atoms with Crippen LogP contribution in [0.1, 0.15) is 82.4 Å². The quantitative estimate of drug-likeness (QED) is 0.321. The first-order valence-corrected chi connectivity index (χ1v) is 13.4. The van der Waals surface area contributed by atoms with Crippen molar-refractivity contribution in [1.82, 2.24) is 10.6 Å². The van der Waals surface area contributed by atoms with Crippen LogP contribution in [0.5, 0.6) is 0 Å². The van der Waals surface area contributed by atoms with Crippen LogP contribution in [-0.2, 0) is 22.2 Å². The van der Waals surface area contributed by atoms with Gasteiger partial charge in [-0.25, -0.2) is 8.78 Å². The normalized spacial score (nSPS) is 17.1. The van der Waals surface area contributed by atoms with Crippen molar-refractivity contribution in [3.05, 3.63) is 83.4 Å². The highest BCUT2D eigenvalue weighted by atomic mass is 19.1. The van der Waals surface area contributed by atoms with Crippen molar-refractivity contribution >= 4 is 5.91 Å². The van der Waals surface area contributed by atoms with E-state index < -0.39 is 23.8 Å². The molecule has 0 bridgehead atoms. The van der Waals surface area contributed by atoms with E-state index in [1.54, 1.807) is 6.08 Å². The van der Waals surface area contributed by atoms with E-state index in [2.05, 4.69) is 62.2 Å². The first-order valence-electron chi connectivity index (χ1n) is 13.4. The van der Waals surface area contributed by atoms with Crippen molar-refractivity contribution in [3.8, 4) is 0 Å².